The maximum atomic E-state index is 13.5. The van der Waals surface area contributed by atoms with Crippen LogP contribution in [0.15, 0.2) is 158 Å². The zero-order valence-electron chi connectivity index (χ0n) is 37.1. The Morgan fingerprint density at radius 1 is 0.653 bits per heavy atom. The van der Waals surface area contributed by atoms with Crippen LogP contribution in [0.4, 0.5) is 31.1 Å². The molecule has 8 rings (SSSR count). The third-order valence-electron chi connectivity index (χ3n) is 10.8. The standard InChI is InChI=1S/C30H24BrF3N2O6.C20H15BrF3NO5/c31-25-15-20(6-11-27(25)42-30(32,33)34)17-39-23-9-7-21(8-10-23)24(26-12-13-41-35-26)16-28(37)36-22(18-40-29(36)38)14-19-4-2-1-3-5-19;21-16-9-12(1-6-18(16)30-20(22,23)24)11-28-14-4-2-13(3-5-14)15(10-19(26)27)17-7-8-29-25-17/h1-13,15,22,24H,14,16-18H2;1-9,15H,10-11H2,(H,26,27)/t22-,24-;15-/m00/s1. The summed E-state index contributed by atoms with van der Waals surface area (Å²) in [6.07, 6.45) is -7.16. The minimum absolute atomic E-state index is 0.0481. The van der Waals surface area contributed by atoms with E-state index in [1.165, 1.54) is 53.8 Å². The van der Waals surface area contributed by atoms with Crippen LogP contribution >= 0.6 is 31.9 Å². The van der Waals surface area contributed by atoms with E-state index in [0.717, 1.165) is 16.7 Å². The van der Waals surface area contributed by atoms with Crippen LogP contribution in [0, 0.1) is 0 Å². The van der Waals surface area contributed by atoms with Crippen LogP contribution in [0.2, 0.25) is 0 Å². The van der Waals surface area contributed by atoms with E-state index in [0.29, 0.717) is 40.4 Å². The molecule has 2 aromatic heterocycles. The van der Waals surface area contributed by atoms with Gasteiger partial charge in [-0.15, -0.1) is 26.3 Å². The van der Waals surface area contributed by atoms with E-state index in [1.807, 2.05) is 30.3 Å². The SMILES string of the molecule is O=C(C[C@@H](c1ccc(OCc2ccc(OC(F)(F)F)c(Br)c2)cc1)c1ccon1)N1C(=O)OC[C@@H]1Cc1ccccc1.O=C(O)C[C@@H](c1ccc(OCc2ccc(OC(F)(F)F)c(Br)c2)cc1)c1ccon1. The normalized spacial score (nSPS) is 14.4. The van der Waals surface area contributed by atoms with Crippen LogP contribution in [0.1, 0.15) is 63.9 Å². The monoisotopic (exact) mass is 1130 g/mol. The molecule has 1 fully saturated rings. The molecular weight excluding hydrogens is 1090 g/mol. The predicted molar refractivity (Wildman–Crippen MR) is 249 cm³/mol. The molecule has 3 heterocycles. The highest BCUT2D eigenvalue weighted by molar-refractivity contribution is 9.11. The highest BCUT2D eigenvalue weighted by Gasteiger charge is 2.39. The number of rotatable bonds is 18. The summed E-state index contributed by atoms with van der Waals surface area (Å²) in [6, 6.07) is 34.5. The van der Waals surface area contributed by atoms with Crippen molar-refractivity contribution in [3.8, 4) is 23.0 Å². The highest BCUT2D eigenvalue weighted by Crippen LogP contribution is 2.35. The Labute approximate surface area is 422 Å². The van der Waals surface area contributed by atoms with Crippen LogP contribution in [-0.4, -0.2) is 63.7 Å². The van der Waals surface area contributed by atoms with Crippen molar-refractivity contribution >= 4 is 49.8 Å². The zero-order chi connectivity index (χ0) is 51.4. The van der Waals surface area contributed by atoms with E-state index < -0.39 is 48.6 Å². The summed E-state index contributed by atoms with van der Waals surface area (Å²) in [5.41, 5.74) is 4.75. The Morgan fingerprint density at radius 2 is 1.12 bits per heavy atom. The summed E-state index contributed by atoms with van der Waals surface area (Å²) in [5.74, 6) is -2.00. The first-order valence-corrected chi connectivity index (χ1v) is 23.0. The van der Waals surface area contributed by atoms with Gasteiger partial charge in [0, 0.05) is 30.4 Å². The van der Waals surface area contributed by atoms with E-state index in [2.05, 4.69) is 51.6 Å². The van der Waals surface area contributed by atoms with E-state index in [9.17, 15) is 40.7 Å². The van der Waals surface area contributed by atoms with Gasteiger partial charge in [0.15, 0.2) is 0 Å². The van der Waals surface area contributed by atoms with Crippen molar-refractivity contribution in [3.05, 3.63) is 188 Å². The second-order valence-electron chi connectivity index (χ2n) is 15.8. The van der Waals surface area contributed by atoms with Crippen molar-refractivity contribution in [1.29, 1.82) is 0 Å². The lowest BCUT2D eigenvalue weighted by molar-refractivity contribution is -0.276. The topological polar surface area (TPSA) is 173 Å². The fourth-order valence-electron chi connectivity index (χ4n) is 7.45. The van der Waals surface area contributed by atoms with Crippen molar-refractivity contribution in [2.45, 2.75) is 63.1 Å². The molecule has 3 atom stereocenters. The highest BCUT2D eigenvalue weighted by atomic mass is 79.9. The largest absolute Gasteiger partial charge is 0.573 e. The number of benzene rings is 5. The van der Waals surface area contributed by atoms with Crippen LogP contribution in [0.5, 0.6) is 23.0 Å². The molecule has 0 unspecified atom stereocenters. The minimum atomic E-state index is -4.79. The molecule has 0 radical (unpaired) electrons. The first kappa shape index (κ1) is 52.5. The van der Waals surface area contributed by atoms with Crippen molar-refractivity contribution in [2.75, 3.05) is 6.61 Å². The molecule has 5 aromatic carbocycles. The molecule has 7 aromatic rings. The van der Waals surface area contributed by atoms with Gasteiger partial charge in [0.1, 0.15) is 55.3 Å². The lowest BCUT2D eigenvalue weighted by Crippen LogP contribution is -2.40. The molecule has 0 aliphatic carbocycles. The lowest BCUT2D eigenvalue weighted by Gasteiger charge is -2.22. The molecule has 1 aliphatic rings. The van der Waals surface area contributed by atoms with Crippen molar-refractivity contribution in [1.82, 2.24) is 15.2 Å². The van der Waals surface area contributed by atoms with Gasteiger partial charge in [-0.3, -0.25) is 9.59 Å². The minimum Gasteiger partial charge on any atom is -0.489 e. The number of carboxylic acids is 1. The van der Waals surface area contributed by atoms with E-state index in [-0.39, 0.29) is 53.1 Å². The van der Waals surface area contributed by atoms with Gasteiger partial charge in [-0.2, -0.15) is 0 Å². The summed E-state index contributed by atoms with van der Waals surface area (Å²) >= 11 is 6.13. The predicted octanol–water partition coefficient (Wildman–Crippen LogP) is 12.5. The third-order valence-corrected chi connectivity index (χ3v) is 12.0. The fourth-order valence-corrected chi connectivity index (χ4v) is 8.46. The van der Waals surface area contributed by atoms with E-state index in [1.54, 1.807) is 60.7 Å². The number of imide groups is 1. The number of hydrogen-bond acceptors (Lipinski definition) is 12. The van der Waals surface area contributed by atoms with Crippen molar-refractivity contribution < 1.29 is 78.6 Å². The molecule has 22 heteroatoms. The summed E-state index contributed by atoms with van der Waals surface area (Å²) in [6.45, 7) is 0.330. The van der Waals surface area contributed by atoms with Crippen LogP contribution in [0.25, 0.3) is 0 Å². The van der Waals surface area contributed by atoms with Gasteiger partial charge in [-0.25, -0.2) is 9.69 Å². The molecule has 376 valence electrons. The summed E-state index contributed by atoms with van der Waals surface area (Å²) < 4.78 is 109. The zero-order valence-corrected chi connectivity index (χ0v) is 40.3. The Hall–Kier alpha value is -7.33. The van der Waals surface area contributed by atoms with Crippen LogP contribution in [0.3, 0.4) is 0 Å². The number of aliphatic carboxylic acids is 1. The quantitative estimate of drug-likeness (QED) is 0.0805. The van der Waals surface area contributed by atoms with Gasteiger partial charge in [0.25, 0.3) is 0 Å². The number of cyclic esters (lactones) is 1. The number of alkyl halides is 6. The molecule has 1 saturated heterocycles. The third kappa shape index (κ3) is 15.1. The number of carbonyl (C=O) groups excluding carboxylic acids is 2. The molecule has 0 spiro atoms. The molecule has 0 bridgehead atoms. The Kier molecular flexibility index (Phi) is 17.3. The second kappa shape index (κ2) is 23.7. The Morgan fingerprint density at radius 3 is 1.54 bits per heavy atom. The van der Waals surface area contributed by atoms with Gasteiger partial charge < -0.3 is 37.8 Å². The number of nitrogens with zero attached hydrogens (tertiary/aromatic N) is 3. The number of carbonyl (C=O) groups is 3. The number of amides is 2. The number of carboxylic acid groups (broad SMARTS) is 1. The fraction of sp³-hybridized carbons (Fsp3) is 0.220. The summed E-state index contributed by atoms with van der Waals surface area (Å²) in [7, 11) is 0. The van der Waals surface area contributed by atoms with Gasteiger partial charge in [0.05, 0.1) is 32.8 Å². The maximum absolute atomic E-state index is 13.5. The molecule has 1 N–H and O–H groups in total. The van der Waals surface area contributed by atoms with Crippen molar-refractivity contribution in [3.63, 3.8) is 0 Å². The average molecular weight is 1130 g/mol. The van der Waals surface area contributed by atoms with Crippen molar-refractivity contribution in [2.24, 2.45) is 0 Å². The molecule has 1 aliphatic heterocycles. The first-order chi connectivity index (χ1) is 34.4. The Bertz CT molecular complexity index is 2890. The number of aromatic nitrogens is 2. The molecule has 72 heavy (non-hydrogen) atoms. The molecule has 0 saturated carbocycles. The first-order valence-electron chi connectivity index (χ1n) is 21.5. The van der Waals surface area contributed by atoms with Gasteiger partial charge in [0.2, 0.25) is 5.91 Å². The van der Waals surface area contributed by atoms with Gasteiger partial charge in [-0.1, -0.05) is 77.0 Å². The van der Waals surface area contributed by atoms with Crippen LogP contribution in [-0.2, 0) is 34.0 Å². The lowest BCUT2D eigenvalue weighted by atomic mass is 9.91. The molecule has 14 nitrogen and oxygen atoms in total. The number of ether oxygens (including phenoxy) is 5. The van der Waals surface area contributed by atoms with Gasteiger partial charge in [-0.05, 0) is 115 Å². The van der Waals surface area contributed by atoms with E-state index >= 15 is 0 Å². The smallest absolute Gasteiger partial charge is 0.489 e. The molecule has 2 amide bonds. The summed E-state index contributed by atoms with van der Waals surface area (Å²) in [4.78, 5) is 38.3. The summed E-state index contributed by atoms with van der Waals surface area (Å²) in [5, 5.41) is 17.0. The number of hydrogen-bond donors (Lipinski definition) is 1. The maximum Gasteiger partial charge on any atom is 0.573 e. The van der Waals surface area contributed by atoms with Crippen LogP contribution < -0.4 is 18.9 Å². The second-order valence-corrected chi connectivity index (χ2v) is 17.5. The molecular formula is C50H39Br2F6N3O11. The van der Waals surface area contributed by atoms with E-state index in [4.69, 9.17) is 28.4 Å². The van der Waals surface area contributed by atoms with Gasteiger partial charge >= 0.3 is 24.8 Å². The average Bonchev–Trinajstić information content (AvgIpc) is 4.15. The number of halogens is 8. The Balaban J connectivity index is 0.000000224.